The third-order valence-electron chi connectivity index (χ3n) is 3.11. The van der Waals surface area contributed by atoms with E-state index in [2.05, 4.69) is 28.3 Å². The molecule has 2 heterocycles. The molecule has 0 bridgehead atoms. The van der Waals surface area contributed by atoms with Crippen LogP contribution in [-0.2, 0) is 6.54 Å². The van der Waals surface area contributed by atoms with Gasteiger partial charge in [0.25, 0.3) is 0 Å². The average molecular weight is 224 g/mol. The Balaban J connectivity index is 1.68. The number of piperidine rings is 1. The maximum atomic E-state index is 3.56. The molecule has 1 saturated heterocycles. The number of thiophene rings is 1. The summed E-state index contributed by atoms with van der Waals surface area (Å²) < 4.78 is 0. The van der Waals surface area contributed by atoms with Crippen LogP contribution in [0.15, 0.2) is 10.8 Å². The van der Waals surface area contributed by atoms with Crippen LogP contribution in [0, 0.1) is 12.8 Å². The minimum atomic E-state index is 0.831. The van der Waals surface area contributed by atoms with E-state index in [1.807, 2.05) is 0 Å². The van der Waals surface area contributed by atoms with Crippen molar-refractivity contribution in [2.45, 2.75) is 26.3 Å². The molecule has 15 heavy (non-hydrogen) atoms. The average Bonchev–Trinajstić information content (AvgIpc) is 2.66. The van der Waals surface area contributed by atoms with Crippen LogP contribution in [-0.4, -0.2) is 19.6 Å². The largest absolute Gasteiger partial charge is 0.316 e. The van der Waals surface area contributed by atoms with Gasteiger partial charge in [-0.3, -0.25) is 0 Å². The van der Waals surface area contributed by atoms with Crippen molar-refractivity contribution in [1.29, 1.82) is 0 Å². The highest BCUT2D eigenvalue weighted by molar-refractivity contribution is 7.08. The fourth-order valence-electron chi connectivity index (χ4n) is 2.08. The van der Waals surface area contributed by atoms with E-state index in [0.717, 1.165) is 19.0 Å². The lowest BCUT2D eigenvalue weighted by atomic mass is 10.00. The Bertz CT molecular complexity index is 290. The predicted molar refractivity (Wildman–Crippen MR) is 66.4 cm³/mol. The minimum Gasteiger partial charge on any atom is -0.316 e. The number of rotatable bonds is 4. The summed E-state index contributed by atoms with van der Waals surface area (Å²) in [7, 11) is 0. The summed E-state index contributed by atoms with van der Waals surface area (Å²) in [5.74, 6) is 0.831. The zero-order valence-corrected chi connectivity index (χ0v) is 10.2. The molecule has 3 heteroatoms. The van der Waals surface area contributed by atoms with E-state index in [1.165, 1.54) is 37.1 Å². The molecule has 0 aliphatic carbocycles. The van der Waals surface area contributed by atoms with Crippen molar-refractivity contribution in [1.82, 2.24) is 10.6 Å². The van der Waals surface area contributed by atoms with Gasteiger partial charge in [-0.25, -0.2) is 0 Å². The van der Waals surface area contributed by atoms with E-state index >= 15 is 0 Å². The highest BCUT2D eigenvalue weighted by Gasteiger charge is 2.12. The van der Waals surface area contributed by atoms with Gasteiger partial charge in [-0.2, -0.15) is 11.3 Å². The lowest BCUT2D eigenvalue weighted by molar-refractivity contribution is 0.360. The van der Waals surface area contributed by atoms with E-state index < -0.39 is 0 Å². The van der Waals surface area contributed by atoms with Crippen molar-refractivity contribution < 1.29 is 0 Å². The SMILES string of the molecule is Cc1cscc1CNCC1CCCNC1. The van der Waals surface area contributed by atoms with Gasteiger partial charge in [0.15, 0.2) is 0 Å². The first kappa shape index (κ1) is 11.1. The smallest absolute Gasteiger partial charge is 0.0216 e. The maximum absolute atomic E-state index is 3.56. The first-order chi connectivity index (χ1) is 7.36. The van der Waals surface area contributed by atoms with Gasteiger partial charge in [-0.05, 0) is 67.2 Å². The number of hydrogen-bond donors (Lipinski definition) is 2. The Labute approximate surface area is 96.1 Å². The minimum absolute atomic E-state index is 0.831. The number of hydrogen-bond acceptors (Lipinski definition) is 3. The van der Waals surface area contributed by atoms with Gasteiger partial charge in [-0.1, -0.05) is 0 Å². The molecule has 2 rings (SSSR count). The standard InChI is InChI=1S/C12H20N2S/c1-10-8-15-9-12(10)7-14-6-11-3-2-4-13-5-11/h8-9,11,13-14H,2-7H2,1H3. The van der Waals surface area contributed by atoms with Crippen LogP contribution < -0.4 is 10.6 Å². The van der Waals surface area contributed by atoms with Crippen molar-refractivity contribution in [3.63, 3.8) is 0 Å². The molecule has 0 radical (unpaired) electrons. The fraction of sp³-hybridized carbons (Fsp3) is 0.667. The van der Waals surface area contributed by atoms with Gasteiger partial charge in [0.05, 0.1) is 0 Å². The second-order valence-electron chi connectivity index (χ2n) is 4.42. The van der Waals surface area contributed by atoms with Gasteiger partial charge in [0.2, 0.25) is 0 Å². The van der Waals surface area contributed by atoms with Gasteiger partial charge < -0.3 is 10.6 Å². The van der Waals surface area contributed by atoms with Crippen molar-refractivity contribution >= 4 is 11.3 Å². The molecule has 1 unspecified atom stereocenters. The molecule has 0 spiro atoms. The van der Waals surface area contributed by atoms with E-state index in [-0.39, 0.29) is 0 Å². The fourth-order valence-corrected chi connectivity index (χ4v) is 2.93. The Morgan fingerprint density at radius 2 is 2.47 bits per heavy atom. The predicted octanol–water partition coefficient (Wildman–Crippen LogP) is 2.15. The third-order valence-corrected chi connectivity index (χ3v) is 4.02. The number of aryl methyl sites for hydroxylation is 1. The molecule has 1 aliphatic heterocycles. The Morgan fingerprint density at radius 1 is 1.53 bits per heavy atom. The molecule has 0 amide bonds. The monoisotopic (exact) mass is 224 g/mol. The van der Waals surface area contributed by atoms with Gasteiger partial charge >= 0.3 is 0 Å². The molecule has 0 saturated carbocycles. The molecular weight excluding hydrogens is 204 g/mol. The zero-order chi connectivity index (χ0) is 10.5. The quantitative estimate of drug-likeness (QED) is 0.819. The van der Waals surface area contributed by atoms with Crippen LogP contribution in [0.3, 0.4) is 0 Å². The summed E-state index contributed by atoms with van der Waals surface area (Å²) in [6.07, 6.45) is 2.71. The van der Waals surface area contributed by atoms with Crippen LogP contribution in [0.4, 0.5) is 0 Å². The molecule has 2 nitrogen and oxygen atoms in total. The lowest BCUT2D eigenvalue weighted by Gasteiger charge is -2.22. The molecule has 1 atom stereocenters. The molecule has 0 aromatic carbocycles. The van der Waals surface area contributed by atoms with Crippen molar-refractivity contribution in [2.24, 2.45) is 5.92 Å². The highest BCUT2D eigenvalue weighted by atomic mass is 32.1. The van der Waals surface area contributed by atoms with Crippen molar-refractivity contribution in [2.75, 3.05) is 19.6 Å². The van der Waals surface area contributed by atoms with Crippen LogP contribution >= 0.6 is 11.3 Å². The molecule has 1 aliphatic rings. The third kappa shape index (κ3) is 3.30. The van der Waals surface area contributed by atoms with Crippen molar-refractivity contribution in [3.05, 3.63) is 21.9 Å². The summed E-state index contributed by atoms with van der Waals surface area (Å²) in [6.45, 7) is 6.78. The maximum Gasteiger partial charge on any atom is 0.0216 e. The van der Waals surface area contributed by atoms with Gasteiger partial charge in [0, 0.05) is 6.54 Å². The van der Waals surface area contributed by atoms with E-state index in [1.54, 1.807) is 11.3 Å². The summed E-state index contributed by atoms with van der Waals surface area (Å²) >= 11 is 1.80. The molecular formula is C12H20N2S. The normalized spacial score (nSPS) is 21.8. The first-order valence-corrected chi connectivity index (χ1v) is 6.73. The second kappa shape index (κ2) is 5.64. The highest BCUT2D eigenvalue weighted by Crippen LogP contribution is 2.14. The first-order valence-electron chi connectivity index (χ1n) is 5.79. The Morgan fingerprint density at radius 3 is 3.13 bits per heavy atom. The topological polar surface area (TPSA) is 24.1 Å². The van der Waals surface area contributed by atoms with Gasteiger partial charge in [0.1, 0.15) is 0 Å². The van der Waals surface area contributed by atoms with E-state index in [9.17, 15) is 0 Å². The van der Waals surface area contributed by atoms with E-state index in [4.69, 9.17) is 0 Å². The lowest BCUT2D eigenvalue weighted by Crippen LogP contribution is -2.35. The second-order valence-corrected chi connectivity index (χ2v) is 5.17. The Kier molecular flexibility index (Phi) is 4.18. The molecule has 1 fully saturated rings. The molecule has 1 aromatic rings. The van der Waals surface area contributed by atoms with Crippen LogP contribution in [0.5, 0.6) is 0 Å². The van der Waals surface area contributed by atoms with Crippen molar-refractivity contribution in [3.8, 4) is 0 Å². The van der Waals surface area contributed by atoms with Crippen LogP contribution in [0.1, 0.15) is 24.0 Å². The molecule has 84 valence electrons. The number of nitrogens with one attached hydrogen (secondary N) is 2. The summed E-state index contributed by atoms with van der Waals surface area (Å²) in [5, 5.41) is 11.5. The van der Waals surface area contributed by atoms with Crippen LogP contribution in [0.25, 0.3) is 0 Å². The summed E-state index contributed by atoms with van der Waals surface area (Å²) in [5.41, 5.74) is 2.89. The Hall–Kier alpha value is -0.380. The zero-order valence-electron chi connectivity index (χ0n) is 9.38. The van der Waals surface area contributed by atoms with Crippen LogP contribution in [0.2, 0.25) is 0 Å². The summed E-state index contributed by atoms with van der Waals surface area (Å²) in [6, 6.07) is 0. The van der Waals surface area contributed by atoms with E-state index in [0.29, 0.717) is 0 Å². The summed E-state index contributed by atoms with van der Waals surface area (Å²) in [4.78, 5) is 0. The molecule has 1 aromatic heterocycles. The molecule has 2 N–H and O–H groups in total. The van der Waals surface area contributed by atoms with Gasteiger partial charge in [-0.15, -0.1) is 0 Å².